The van der Waals surface area contributed by atoms with Crippen LogP contribution in [0.5, 0.6) is 11.5 Å². The lowest BCUT2D eigenvalue weighted by Crippen LogP contribution is -2.28. The van der Waals surface area contributed by atoms with Crippen molar-refractivity contribution in [3.8, 4) is 11.5 Å². The van der Waals surface area contributed by atoms with E-state index in [-0.39, 0.29) is 17.6 Å². The zero-order valence-corrected chi connectivity index (χ0v) is 11.6. The zero-order chi connectivity index (χ0) is 14.4. The van der Waals surface area contributed by atoms with E-state index < -0.39 is 0 Å². The number of nitrogens with zero attached hydrogens (tertiary/aromatic N) is 1. The quantitative estimate of drug-likeness (QED) is 0.655. The standard InChI is InChI=1S/C15H20N2O3/c1-20-13-7-8-14(18)12(9-13)10-16-17-15(19)11-5-3-2-4-6-11/h7-11,18H,2-6H2,1H3,(H,17,19). The summed E-state index contributed by atoms with van der Waals surface area (Å²) in [4.78, 5) is 11.9. The van der Waals surface area contributed by atoms with E-state index in [4.69, 9.17) is 4.74 Å². The minimum Gasteiger partial charge on any atom is -0.507 e. The van der Waals surface area contributed by atoms with Gasteiger partial charge in [0.2, 0.25) is 5.91 Å². The van der Waals surface area contributed by atoms with Crippen molar-refractivity contribution in [3.63, 3.8) is 0 Å². The van der Waals surface area contributed by atoms with Crippen molar-refractivity contribution in [3.05, 3.63) is 23.8 Å². The van der Waals surface area contributed by atoms with Crippen LogP contribution in [0.1, 0.15) is 37.7 Å². The Hall–Kier alpha value is -2.04. The molecular weight excluding hydrogens is 256 g/mol. The summed E-state index contributed by atoms with van der Waals surface area (Å²) in [6, 6.07) is 4.85. The number of methoxy groups -OCH3 is 1. The van der Waals surface area contributed by atoms with Gasteiger partial charge in [-0.15, -0.1) is 0 Å². The molecule has 1 fully saturated rings. The monoisotopic (exact) mass is 276 g/mol. The van der Waals surface area contributed by atoms with Crippen molar-refractivity contribution in [2.45, 2.75) is 32.1 Å². The third-order valence-electron chi connectivity index (χ3n) is 3.59. The van der Waals surface area contributed by atoms with E-state index in [9.17, 15) is 9.90 Å². The summed E-state index contributed by atoms with van der Waals surface area (Å²) in [6.07, 6.45) is 6.73. The number of benzene rings is 1. The predicted molar refractivity (Wildman–Crippen MR) is 77.0 cm³/mol. The first kappa shape index (κ1) is 14.4. The SMILES string of the molecule is COc1ccc(O)c(C=NNC(=O)C2CCCCC2)c1. The van der Waals surface area contributed by atoms with Crippen molar-refractivity contribution >= 4 is 12.1 Å². The number of phenols is 1. The Morgan fingerprint density at radius 1 is 1.40 bits per heavy atom. The van der Waals surface area contributed by atoms with Gasteiger partial charge in [0, 0.05) is 11.5 Å². The van der Waals surface area contributed by atoms with Crippen LogP contribution in [0.15, 0.2) is 23.3 Å². The van der Waals surface area contributed by atoms with Gasteiger partial charge in [-0.05, 0) is 31.0 Å². The van der Waals surface area contributed by atoms with Gasteiger partial charge < -0.3 is 9.84 Å². The van der Waals surface area contributed by atoms with Crippen LogP contribution in [-0.4, -0.2) is 24.3 Å². The third-order valence-corrected chi connectivity index (χ3v) is 3.59. The molecule has 0 saturated heterocycles. The van der Waals surface area contributed by atoms with Crippen molar-refractivity contribution in [2.75, 3.05) is 7.11 Å². The number of rotatable bonds is 4. The molecule has 108 valence electrons. The Labute approximate surface area is 118 Å². The van der Waals surface area contributed by atoms with E-state index in [2.05, 4.69) is 10.5 Å². The average Bonchev–Trinajstić information content (AvgIpc) is 2.50. The van der Waals surface area contributed by atoms with Gasteiger partial charge in [0.25, 0.3) is 0 Å². The van der Waals surface area contributed by atoms with Crippen molar-refractivity contribution in [1.82, 2.24) is 5.43 Å². The Balaban J connectivity index is 1.94. The molecule has 1 aliphatic rings. The van der Waals surface area contributed by atoms with Crippen LogP contribution in [0.4, 0.5) is 0 Å². The number of phenolic OH excluding ortho intramolecular Hbond substituents is 1. The maximum Gasteiger partial charge on any atom is 0.243 e. The highest BCUT2D eigenvalue weighted by Crippen LogP contribution is 2.24. The first-order chi connectivity index (χ1) is 9.70. The van der Waals surface area contributed by atoms with Crippen LogP contribution < -0.4 is 10.2 Å². The molecule has 0 aromatic heterocycles. The second-order valence-electron chi connectivity index (χ2n) is 4.99. The Bertz CT molecular complexity index is 494. The maximum absolute atomic E-state index is 11.9. The van der Waals surface area contributed by atoms with Crippen LogP contribution >= 0.6 is 0 Å². The molecule has 0 radical (unpaired) electrons. The van der Waals surface area contributed by atoms with E-state index in [1.54, 1.807) is 19.2 Å². The Kier molecular flexibility index (Phi) is 4.98. The fraction of sp³-hybridized carbons (Fsp3) is 0.467. The van der Waals surface area contributed by atoms with Crippen LogP contribution in [0.2, 0.25) is 0 Å². The highest BCUT2D eigenvalue weighted by molar-refractivity contribution is 5.86. The predicted octanol–water partition coefficient (Wildman–Crippen LogP) is 2.43. The summed E-state index contributed by atoms with van der Waals surface area (Å²) >= 11 is 0. The molecule has 1 saturated carbocycles. The van der Waals surface area contributed by atoms with Crippen LogP contribution in [0.25, 0.3) is 0 Å². The number of hydrogen-bond acceptors (Lipinski definition) is 4. The van der Waals surface area contributed by atoms with Gasteiger partial charge >= 0.3 is 0 Å². The minimum atomic E-state index is -0.0386. The molecule has 0 atom stereocenters. The highest BCUT2D eigenvalue weighted by Gasteiger charge is 2.20. The summed E-state index contributed by atoms with van der Waals surface area (Å²) in [6.45, 7) is 0. The molecule has 0 heterocycles. The number of nitrogens with one attached hydrogen (secondary N) is 1. The van der Waals surface area contributed by atoms with E-state index in [1.807, 2.05) is 0 Å². The number of carbonyl (C=O) groups excluding carboxylic acids is 1. The number of carbonyl (C=O) groups is 1. The van der Waals surface area contributed by atoms with Gasteiger partial charge in [-0.3, -0.25) is 4.79 Å². The second kappa shape index (κ2) is 6.93. The Morgan fingerprint density at radius 2 is 2.15 bits per heavy atom. The number of amides is 1. The first-order valence-corrected chi connectivity index (χ1v) is 6.90. The maximum atomic E-state index is 11.9. The van der Waals surface area contributed by atoms with Crippen molar-refractivity contribution in [1.29, 1.82) is 0 Å². The van der Waals surface area contributed by atoms with Gasteiger partial charge in [0.05, 0.1) is 13.3 Å². The molecule has 20 heavy (non-hydrogen) atoms. The summed E-state index contributed by atoms with van der Waals surface area (Å²) in [7, 11) is 1.55. The lowest BCUT2D eigenvalue weighted by Gasteiger charge is -2.19. The zero-order valence-electron chi connectivity index (χ0n) is 11.6. The number of ether oxygens (including phenoxy) is 1. The molecular formula is C15H20N2O3. The molecule has 1 aromatic carbocycles. The van der Waals surface area contributed by atoms with E-state index in [0.717, 1.165) is 25.7 Å². The smallest absolute Gasteiger partial charge is 0.243 e. The molecule has 2 rings (SSSR count). The van der Waals surface area contributed by atoms with E-state index in [1.165, 1.54) is 18.7 Å². The van der Waals surface area contributed by atoms with Crippen LogP contribution in [-0.2, 0) is 4.79 Å². The fourth-order valence-corrected chi connectivity index (χ4v) is 2.38. The summed E-state index contributed by atoms with van der Waals surface area (Å²) in [5, 5.41) is 13.6. The van der Waals surface area contributed by atoms with Crippen LogP contribution in [0.3, 0.4) is 0 Å². The van der Waals surface area contributed by atoms with Gasteiger partial charge in [-0.25, -0.2) is 5.43 Å². The second-order valence-corrected chi connectivity index (χ2v) is 4.99. The fourth-order valence-electron chi connectivity index (χ4n) is 2.38. The third kappa shape index (κ3) is 3.73. The molecule has 5 nitrogen and oxygen atoms in total. The first-order valence-electron chi connectivity index (χ1n) is 6.90. The van der Waals surface area contributed by atoms with Gasteiger partial charge in [-0.1, -0.05) is 19.3 Å². The Morgan fingerprint density at radius 3 is 2.85 bits per heavy atom. The molecule has 5 heteroatoms. The van der Waals surface area contributed by atoms with Gasteiger partial charge in [0.1, 0.15) is 11.5 Å². The number of aromatic hydroxyl groups is 1. The molecule has 0 bridgehead atoms. The number of hydrazone groups is 1. The van der Waals surface area contributed by atoms with Gasteiger partial charge in [0.15, 0.2) is 0 Å². The molecule has 1 aromatic rings. The molecule has 2 N–H and O–H groups in total. The minimum absolute atomic E-state index is 0.0386. The van der Waals surface area contributed by atoms with Crippen molar-refractivity contribution < 1.29 is 14.6 Å². The number of hydrogen-bond donors (Lipinski definition) is 2. The normalized spacial score (nSPS) is 16.2. The van der Waals surface area contributed by atoms with Crippen LogP contribution in [0, 0.1) is 5.92 Å². The topological polar surface area (TPSA) is 70.9 Å². The molecule has 0 spiro atoms. The highest BCUT2D eigenvalue weighted by atomic mass is 16.5. The largest absolute Gasteiger partial charge is 0.507 e. The lowest BCUT2D eigenvalue weighted by atomic mass is 9.89. The molecule has 1 aliphatic carbocycles. The lowest BCUT2D eigenvalue weighted by molar-refractivity contribution is -0.125. The summed E-state index contributed by atoms with van der Waals surface area (Å²) in [5.41, 5.74) is 3.05. The van der Waals surface area contributed by atoms with Gasteiger partial charge in [-0.2, -0.15) is 5.10 Å². The molecule has 0 unspecified atom stereocenters. The summed E-state index contributed by atoms with van der Waals surface area (Å²) in [5.74, 6) is 0.757. The average molecular weight is 276 g/mol. The molecule has 1 amide bonds. The summed E-state index contributed by atoms with van der Waals surface area (Å²) < 4.78 is 5.07. The van der Waals surface area contributed by atoms with E-state index in [0.29, 0.717) is 11.3 Å². The van der Waals surface area contributed by atoms with E-state index >= 15 is 0 Å². The molecule has 0 aliphatic heterocycles. The van der Waals surface area contributed by atoms with Crippen molar-refractivity contribution in [2.24, 2.45) is 11.0 Å².